The maximum Gasteiger partial charge on any atom is 0.0752 e. The van der Waals surface area contributed by atoms with Crippen LogP contribution in [0, 0.1) is 17.8 Å². The van der Waals surface area contributed by atoms with Crippen LogP contribution in [0.2, 0.25) is 0 Å². The molecular weight excluding hydrogens is 184 g/mol. The minimum atomic E-state index is 0.392. The second-order valence-electron chi connectivity index (χ2n) is 5.42. The summed E-state index contributed by atoms with van der Waals surface area (Å²) in [6.07, 6.45) is 13.5. The third-order valence-electron chi connectivity index (χ3n) is 4.33. The summed E-state index contributed by atoms with van der Waals surface area (Å²) in [5, 5.41) is 0. The zero-order valence-electron chi connectivity index (χ0n) is 10.1. The summed E-state index contributed by atoms with van der Waals surface area (Å²) in [4.78, 5) is 0. The number of rotatable bonds is 2. The van der Waals surface area contributed by atoms with Crippen LogP contribution in [0.4, 0.5) is 0 Å². The van der Waals surface area contributed by atoms with Gasteiger partial charge in [-0.1, -0.05) is 31.9 Å². The first-order chi connectivity index (χ1) is 7.29. The molecular formula is C14H24O. The Hall–Kier alpha value is -0.300. The third kappa shape index (κ3) is 2.84. The molecule has 0 aromatic carbocycles. The molecule has 0 aromatic rings. The molecule has 2 rings (SSSR count). The van der Waals surface area contributed by atoms with Gasteiger partial charge >= 0.3 is 0 Å². The molecule has 2 unspecified atom stereocenters. The van der Waals surface area contributed by atoms with Gasteiger partial charge in [0.2, 0.25) is 0 Å². The maximum atomic E-state index is 5.36. The lowest BCUT2D eigenvalue weighted by molar-refractivity contribution is 0.112. The molecule has 0 heterocycles. The van der Waals surface area contributed by atoms with Gasteiger partial charge in [0, 0.05) is 7.11 Å². The molecule has 0 saturated heterocycles. The molecule has 1 saturated carbocycles. The average molecular weight is 208 g/mol. The SMILES string of the molecule is COC1C=CC(C2CCC(C)CC2)CC1. The van der Waals surface area contributed by atoms with Crippen LogP contribution >= 0.6 is 0 Å². The predicted octanol–water partition coefficient (Wildman–Crippen LogP) is 3.79. The highest BCUT2D eigenvalue weighted by Gasteiger charge is 2.26. The van der Waals surface area contributed by atoms with E-state index in [2.05, 4.69) is 19.1 Å². The van der Waals surface area contributed by atoms with Crippen molar-refractivity contribution in [2.45, 2.75) is 51.6 Å². The van der Waals surface area contributed by atoms with E-state index < -0.39 is 0 Å². The largest absolute Gasteiger partial charge is 0.377 e. The molecule has 0 aliphatic heterocycles. The van der Waals surface area contributed by atoms with E-state index in [-0.39, 0.29) is 0 Å². The van der Waals surface area contributed by atoms with E-state index in [0.717, 1.165) is 17.8 Å². The lowest BCUT2D eigenvalue weighted by Crippen LogP contribution is -2.24. The first-order valence-electron chi connectivity index (χ1n) is 6.50. The van der Waals surface area contributed by atoms with Crippen LogP contribution in [0.15, 0.2) is 12.2 Å². The van der Waals surface area contributed by atoms with Crippen molar-refractivity contribution < 1.29 is 4.74 Å². The summed E-state index contributed by atoms with van der Waals surface area (Å²) in [5.41, 5.74) is 0. The van der Waals surface area contributed by atoms with Gasteiger partial charge < -0.3 is 4.74 Å². The van der Waals surface area contributed by atoms with Crippen molar-refractivity contribution in [3.63, 3.8) is 0 Å². The van der Waals surface area contributed by atoms with Gasteiger partial charge in [0.05, 0.1) is 6.10 Å². The highest BCUT2D eigenvalue weighted by atomic mass is 16.5. The Bertz CT molecular complexity index is 213. The minimum absolute atomic E-state index is 0.392. The summed E-state index contributed by atoms with van der Waals surface area (Å²) in [6, 6.07) is 0. The normalized spacial score (nSPS) is 41.7. The van der Waals surface area contributed by atoms with E-state index in [1.54, 1.807) is 0 Å². The fraction of sp³-hybridized carbons (Fsp3) is 0.857. The number of ether oxygens (including phenoxy) is 1. The number of methoxy groups -OCH3 is 1. The zero-order chi connectivity index (χ0) is 10.7. The van der Waals surface area contributed by atoms with Crippen molar-refractivity contribution in [1.29, 1.82) is 0 Å². The predicted molar refractivity (Wildman–Crippen MR) is 63.8 cm³/mol. The van der Waals surface area contributed by atoms with Gasteiger partial charge in [-0.3, -0.25) is 0 Å². The summed E-state index contributed by atoms with van der Waals surface area (Å²) in [6.45, 7) is 2.40. The molecule has 0 amide bonds. The van der Waals surface area contributed by atoms with Crippen molar-refractivity contribution in [3.8, 4) is 0 Å². The smallest absolute Gasteiger partial charge is 0.0752 e. The van der Waals surface area contributed by atoms with Gasteiger partial charge in [-0.05, 0) is 43.4 Å². The molecule has 0 radical (unpaired) electrons. The van der Waals surface area contributed by atoms with E-state index in [9.17, 15) is 0 Å². The molecule has 0 bridgehead atoms. The molecule has 0 N–H and O–H groups in total. The zero-order valence-corrected chi connectivity index (χ0v) is 10.1. The minimum Gasteiger partial charge on any atom is -0.377 e. The van der Waals surface area contributed by atoms with E-state index in [4.69, 9.17) is 4.74 Å². The van der Waals surface area contributed by atoms with Gasteiger partial charge in [-0.15, -0.1) is 0 Å². The summed E-state index contributed by atoms with van der Waals surface area (Å²) < 4.78 is 5.36. The van der Waals surface area contributed by atoms with Crippen molar-refractivity contribution in [3.05, 3.63) is 12.2 Å². The summed E-state index contributed by atoms with van der Waals surface area (Å²) in [5.74, 6) is 2.79. The van der Waals surface area contributed by atoms with E-state index >= 15 is 0 Å². The maximum absolute atomic E-state index is 5.36. The van der Waals surface area contributed by atoms with E-state index in [1.807, 2.05) is 7.11 Å². The number of hydrogen-bond donors (Lipinski definition) is 0. The van der Waals surface area contributed by atoms with E-state index in [1.165, 1.54) is 38.5 Å². The molecule has 1 heteroatoms. The van der Waals surface area contributed by atoms with Crippen LogP contribution < -0.4 is 0 Å². The van der Waals surface area contributed by atoms with Crippen LogP contribution in [-0.4, -0.2) is 13.2 Å². The molecule has 2 aliphatic rings. The Morgan fingerprint density at radius 1 is 0.933 bits per heavy atom. The van der Waals surface area contributed by atoms with Gasteiger partial charge in [0.1, 0.15) is 0 Å². The van der Waals surface area contributed by atoms with Gasteiger partial charge in [-0.2, -0.15) is 0 Å². The van der Waals surface area contributed by atoms with Crippen molar-refractivity contribution in [2.24, 2.45) is 17.8 Å². The highest BCUT2D eigenvalue weighted by molar-refractivity contribution is 5.01. The van der Waals surface area contributed by atoms with Crippen LogP contribution in [-0.2, 0) is 4.74 Å². The van der Waals surface area contributed by atoms with Crippen molar-refractivity contribution in [2.75, 3.05) is 7.11 Å². The highest BCUT2D eigenvalue weighted by Crippen LogP contribution is 2.37. The summed E-state index contributed by atoms with van der Waals surface area (Å²) in [7, 11) is 1.82. The quantitative estimate of drug-likeness (QED) is 0.627. The Morgan fingerprint density at radius 3 is 2.20 bits per heavy atom. The Labute approximate surface area is 93.9 Å². The Kier molecular flexibility index (Phi) is 3.85. The molecule has 15 heavy (non-hydrogen) atoms. The lowest BCUT2D eigenvalue weighted by atomic mass is 9.73. The Morgan fingerprint density at radius 2 is 1.67 bits per heavy atom. The first kappa shape index (κ1) is 11.2. The van der Waals surface area contributed by atoms with Crippen LogP contribution in [0.25, 0.3) is 0 Å². The van der Waals surface area contributed by atoms with Crippen LogP contribution in [0.3, 0.4) is 0 Å². The monoisotopic (exact) mass is 208 g/mol. The molecule has 1 fully saturated rings. The number of allylic oxidation sites excluding steroid dienone is 1. The average Bonchev–Trinajstić information content (AvgIpc) is 2.30. The lowest BCUT2D eigenvalue weighted by Gasteiger charge is -2.33. The molecule has 1 nitrogen and oxygen atoms in total. The van der Waals surface area contributed by atoms with Crippen LogP contribution in [0.5, 0.6) is 0 Å². The molecule has 0 spiro atoms. The molecule has 2 aliphatic carbocycles. The molecule has 86 valence electrons. The number of hydrogen-bond acceptors (Lipinski definition) is 1. The second kappa shape index (κ2) is 5.16. The fourth-order valence-electron chi connectivity index (χ4n) is 3.12. The van der Waals surface area contributed by atoms with Crippen molar-refractivity contribution >= 4 is 0 Å². The Balaban J connectivity index is 1.85. The van der Waals surface area contributed by atoms with E-state index in [0.29, 0.717) is 6.10 Å². The first-order valence-corrected chi connectivity index (χ1v) is 6.50. The van der Waals surface area contributed by atoms with Crippen LogP contribution in [0.1, 0.15) is 45.4 Å². The fourth-order valence-corrected chi connectivity index (χ4v) is 3.12. The molecule has 0 aromatic heterocycles. The van der Waals surface area contributed by atoms with Gasteiger partial charge in [0.15, 0.2) is 0 Å². The molecule has 2 atom stereocenters. The topological polar surface area (TPSA) is 9.23 Å². The summed E-state index contributed by atoms with van der Waals surface area (Å²) >= 11 is 0. The third-order valence-corrected chi connectivity index (χ3v) is 4.33. The van der Waals surface area contributed by atoms with Crippen molar-refractivity contribution in [1.82, 2.24) is 0 Å². The second-order valence-corrected chi connectivity index (χ2v) is 5.42. The van der Waals surface area contributed by atoms with Gasteiger partial charge in [0.25, 0.3) is 0 Å². The van der Waals surface area contributed by atoms with Gasteiger partial charge in [-0.25, -0.2) is 0 Å². The standard InChI is InChI=1S/C14H24O/c1-11-3-5-12(6-4-11)13-7-9-14(15-2)10-8-13/h7,9,11-14H,3-6,8,10H2,1-2H3.